The molecule has 98 valence electrons. The van der Waals surface area contributed by atoms with Crippen LogP contribution in [-0.2, 0) is 6.54 Å². The van der Waals surface area contributed by atoms with E-state index in [1.165, 1.54) is 25.5 Å². The number of carbonyl (C=O) groups is 1. The van der Waals surface area contributed by atoms with Gasteiger partial charge in [0.15, 0.2) is 0 Å². The van der Waals surface area contributed by atoms with E-state index in [-0.39, 0.29) is 5.56 Å². The number of hydrogen-bond acceptors (Lipinski definition) is 3. The van der Waals surface area contributed by atoms with Crippen LogP contribution in [0.15, 0.2) is 18.3 Å². The molecule has 0 saturated heterocycles. The molecule has 0 aliphatic heterocycles. The van der Waals surface area contributed by atoms with E-state index in [0.29, 0.717) is 6.54 Å². The molecule has 0 aromatic carbocycles. The maximum atomic E-state index is 10.7. The van der Waals surface area contributed by atoms with Crippen LogP contribution in [0.1, 0.15) is 42.2 Å². The first kappa shape index (κ1) is 13.0. The van der Waals surface area contributed by atoms with Crippen molar-refractivity contribution in [1.82, 2.24) is 10.3 Å². The minimum Gasteiger partial charge on any atom is -0.478 e. The highest BCUT2D eigenvalue weighted by atomic mass is 16.4. The van der Waals surface area contributed by atoms with Crippen LogP contribution >= 0.6 is 0 Å². The molecular formula is C14H20N2O2. The zero-order valence-electron chi connectivity index (χ0n) is 10.7. The van der Waals surface area contributed by atoms with Crippen molar-refractivity contribution in [2.75, 3.05) is 6.54 Å². The molecule has 0 spiro atoms. The van der Waals surface area contributed by atoms with E-state index in [2.05, 4.69) is 17.2 Å². The number of rotatable bonds is 5. The summed E-state index contributed by atoms with van der Waals surface area (Å²) in [6.07, 6.45) is 5.40. The number of carboxylic acids is 1. The molecule has 1 fully saturated rings. The van der Waals surface area contributed by atoms with Crippen LogP contribution in [0.4, 0.5) is 0 Å². The smallest absolute Gasteiger partial charge is 0.337 e. The van der Waals surface area contributed by atoms with E-state index in [0.717, 1.165) is 24.1 Å². The van der Waals surface area contributed by atoms with E-state index in [4.69, 9.17) is 5.11 Å². The highest BCUT2D eigenvalue weighted by molar-refractivity contribution is 5.87. The first-order valence-corrected chi connectivity index (χ1v) is 6.54. The highest BCUT2D eigenvalue weighted by Crippen LogP contribution is 2.29. The van der Waals surface area contributed by atoms with E-state index in [9.17, 15) is 4.79 Å². The Morgan fingerprint density at radius 2 is 2.33 bits per heavy atom. The summed E-state index contributed by atoms with van der Waals surface area (Å²) in [4.78, 5) is 14.8. The van der Waals surface area contributed by atoms with Gasteiger partial charge in [0.05, 0.1) is 11.3 Å². The van der Waals surface area contributed by atoms with E-state index in [1.54, 1.807) is 12.1 Å². The van der Waals surface area contributed by atoms with Crippen molar-refractivity contribution >= 4 is 5.97 Å². The van der Waals surface area contributed by atoms with E-state index < -0.39 is 5.97 Å². The molecule has 1 saturated carbocycles. The van der Waals surface area contributed by atoms with Crippen molar-refractivity contribution < 1.29 is 9.90 Å². The Labute approximate surface area is 107 Å². The Morgan fingerprint density at radius 1 is 1.50 bits per heavy atom. The third-order valence-electron chi connectivity index (χ3n) is 3.61. The summed E-state index contributed by atoms with van der Waals surface area (Å²) < 4.78 is 0. The summed E-state index contributed by atoms with van der Waals surface area (Å²) in [5.41, 5.74) is 1.13. The SMILES string of the molecule is CC1CCC(CNCc2ccc(C(=O)O)cn2)C1. The van der Waals surface area contributed by atoms with Crippen LogP contribution < -0.4 is 5.32 Å². The quantitative estimate of drug-likeness (QED) is 0.839. The second-order valence-corrected chi connectivity index (χ2v) is 5.26. The van der Waals surface area contributed by atoms with Crippen LogP contribution in [0.5, 0.6) is 0 Å². The van der Waals surface area contributed by atoms with Crippen LogP contribution in [0.3, 0.4) is 0 Å². The topological polar surface area (TPSA) is 62.2 Å². The lowest BCUT2D eigenvalue weighted by molar-refractivity contribution is 0.0696. The van der Waals surface area contributed by atoms with Crippen molar-refractivity contribution in [3.8, 4) is 0 Å². The number of pyridine rings is 1. The number of hydrogen-bond donors (Lipinski definition) is 2. The predicted molar refractivity (Wildman–Crippen MR) is 69.4 cm³/mol. The summed E-state index contributed by atoms with van der Waals surface area (Å²) in [6.45, 7) is 4.06. The first-order valence-electron chi connectivity index (χ1n) is 6.54. The Bertz CT molecular complexity index is 403. The van der Waals surface area contributed by atoms with Gasteiger partial charge in [0.1, 0.15) is 0 Å². The van der Waals surface area contributed by atoms with Crippen molar-refractivity contribution in [1.29, 1.82) is 0 Å². The summed E-state index contributed by atoms with van der Waals surface area (Å²) in [5.74, 6) is 0.727. The predicted octanol–water partition coefficient (Wildman–Crippen LogP) is 2.31. The van der Waals surface area contributed by atoms with Gasteiger partial charge in [-0.05, 0) is 43.4 Å². The molecule has 1 aromatic rings. The molecule has 2 N–H and O–H groups in total. The second kappa shape index (κ2) is 5.96. The van der Waals surface area contributed by atoms with Gasteiger partial charge in [-0.1, -0.05) is 13.3 Å². The Balaban J connectivity index is 1.75. The molecule has 1 aliphatic carbocycles. The van der Waals surface area contributed by atoms with Gasteiger partial charge >= 0.3 is 5.97 Å². The standard InChI is InChI=1S/C14H20N2O2/c1-10-2-3-11(6-10)7-15-9-13-5-4-12(8-16-13)14(17)18/h4-5,8,10-11,15H,2-3,6-7,9H2,1H3,(H,17,18). The molecule has 18 heavy (non-hydrogen) atoms. The third kappa shape index (κ3) is 3.53. The zero-order valence-corrected chi connectivity index (χ0v) is 10.7. The fraction of sp³-hybridized carbons (Fsp3) is 0.571. The largest absolute Gasteiger partial charge is 0.478 e. The summed E-state index contributed by atoms with van der Waals surface area (Å²) in [7, 11) is 0. The number of aromatic carboxylic acids is 1. The van der Waals surface area contributed by atoms with Crippen LogP contribution in [0.2, 0.25) is 0 Å². The van der Waals surface area contributed by atoms with Crippen LogP contribution in [-0.4, -0.2) is 22.6 Å². The molecule has 0 amide bonds. The lowest BCUT2D eigenvalue weighted by Gasteiger charge is -2.10. The zero-order chi connectivity index (χ0) is 13.0. The maximum absolute atomic E-state index is 10.7. The van der Waals surface area contributed by atoms with Gasteiger partial charge in [-0.25, -0.2) is 4.79 Å². The molecule has 1 heterocycles. The summed E-state index contributed by atoms with van der Waals surface area (Å²) in [6, 6.07) is 3.37. The number of aromatic nitrogens is 1. The molecule has 1 aliphatic rings. The molecule has 0 bridgehead atoms. The molecule has 4 nitrogen and oxygen atoms in total. The van der Waals surface area contributed by atoms with Gasteiger partial charge in [0, 0.05) is 12.7 Å². The average Bonchev–Trinajstić information content (AvgIpc) is 2.76. The van der Waals surface area contributed by atoms with Gasteiger partial charge in [-0.3, -0.25) is 4.98 Å². The van der Waals surface area contributed by atoms with E-state index in [1.807, 2.05) is 0 Å². The summed E-state index contributed by atoms with van der Waals surface area (Å²) >= 11 is 0. The summed E-state index contributed by atoms with van der Waals surface area (Å²) in [5, 5.41) is 12.2. The average molecular weight is 248 g/mol. The Kier molecular flexibility index (Phi) is 4.31. The molecule has 2 atom stereocenters. The number of carboxylic acid groups (broad SMARTS) is 1. The van der Waals surface area contributed by atoms with Crippen molar-refractivity contribution in [2.45, 2.75) is 32.7 Å². The molecule has 0 radical (unpaired) electrons. The van der Waals surface area contributed by atoms with Crippen LogP contribution in [0.25, 0.3) is 0 Å². The van der Waals surface area contributed by atoms with Crippen molar-refractivity contribution in [3.05, 3.63) is 29.6 Å². The van der Waals surface area contributed by atoms with Gasteiger partial charge in [-0.2, -0.15) is 0 Å². The number of nitrogens with one attached hydrogen (secondary N) is 1. The molecule has 2 rings (SSSR count). The van der Waals surface area contributed by atoms with Crippen LogP contribution in [0, 0.1) is 11.8 Å². The lowest BCUT2D eigenvalue weighted by atomic mass is 10.1. The Morgan fingerprint density at radius 3 is 2.89 bits per heavy atom. The number of nitrogens with zero attached hydrogens (tertiary/aromatic N) is 1. The second-order valence-electron chi connectivity index (χ2n) is 5.26. The molecule has 4 heteroatoms. The molecule has 2 unspecified atom stereocenters. The van der Waals surface area contributed by atoms with Gasteiger partial charge in [0.2, 0.25) is 0 Å². The molecular weight excluding hydrogens is 228 g/mol. The van der Waals surface area contributed by atoms with Gasteiger partial charge < -0.3 is 10.4 Å². The third-order valence-corrected chi connectivity index (χ3v) is 3.61. The van der Waals surface area contributed by atoms with E-state index >= 15 is 0 Å². The van der Waals surface area contributed by atoms with Crippen molar-refractivity contribution in [2.24, 2.45) is 11.8 Å². The molecule has 1 aromatic heterocycles. The minimum atomic E-state index is -0.929. The fourth-order valence-electron chi connectivity index (χ4n) is 2.57. The first-order chi connectivity index (χ1) is 8.65. The van der Waals surface area contributed by atoms with Gasteiger partial charge in [0.25, 0.3) is 0 Å². The minimum absolute atomic E-state index is 0.239. The monoisotopic (exact) mass is 248 g/mol. The maximum Gasteiger partial charge on any atom is 0.337 e. The van der Waals surface area contributed by atoms with Crippen molar-refractivity contribution in [3.63, 3.8) is 0 Å². The van der Waals surface area contributed by atoms with Gasteiger partial charge in [-0.15, -0.1) is 0 Å². The normalized spacial score (nSPS) is 23.2. The highest BCUT2D eigenvalue weighted by Gasteiger charge is 2.20. The fourth-order valence-corrected chi connectivity index (χ4v) is 2.57. The lowest BCUT2D eigenvalue weighted by Crippen LogP contribution is -2.21. The Hall–Kier alpha value is -1.42.